The molecule has 4 heteroatoms. The van der Waals surface area contributed by atoms with E-state index < -0.39 is 5.54 Å². The molecule has 1 atom stereocenters. The maximum absolute atomic E-state index is 12.2. The molecule has 1 aliphatic carbocycles. The Labute approximate surface area is 143 Å². The first-order valence-corrected chi connectivity index (χ1v) is 9.10. The number of carbonyl (C=O) groups is 1. The number of amides is 1. The Bertz CT molecular complexity index is 638. The highest BCUT2D eigenvalue weighted by molar-refractivity contribution is 8.00. The molecule has 3 nitrogen and oxygen atoms in total. The van der Waals surface area contributed by atoms with E-state index >= 15 is 0 Å². The van der Waals surface area contributed by atoms with Gasteiger partial charge < -0.3 is 5.32 Å². The second-order valence-corrected chi connectivity index (χ2v) is 8.67. The van der Waals surface area contributed by atoms with Crippen LogP contribution < -0.4 is 5.32 Å². The van der Waals surface area contributed by atoms with Crippen LogP contribution in [0.1, 0.15) is 51.7 Å². The third kappa shape index (κ3) is 4.51. The first-order valence-electron chi connectivity index (χ1n) is 8.12. The summed E-state index contributed by atoms with van der Waals surface area (Å²) in [6, 6.07) is 8.71. The number of nitriles is 1. The third-order valence-electron chi connectivity index (χ3n) is 4.44. The summed E-state index contributed by atoms with van der Waals surface area (Å²) < 4.78 is 0. The fourth-order valence-corrected chi connectivity index (χ4v) is 3.44. The van der Waals surface area contributed by atoms with Crippen molar-refractivity contribution in [2.45, 2.75) is 63.3 Å². The average molecular weight is 330 g/mol. The maximum atomic E-state index is 12.2. The van der Waals surface area contributed by atoms with Crippen molar-refractivity contribution in [3.63, 3.8) is 0 Å². The van der Waals surface area contributed by atoms with Gasteiger partial charge in [0.2, 0.25) is 5.91 Å². The zero-order valence-corrected chi connectivity index (χ0v) is 15.5. The van der Waals surface area contributed by atoms with Gasteiger partial charge in [-0.1, -0.05) is 32.9 Å². The molecule has 2 rings (SSSR count). The van der Waals surface area contributed by atoms with E-state index in [0.29, 0.717) is 11.7 Å². The van der Waals surface area contributed by atoms with Gasteiger partial charge in [-0.15, -0.1) is 11.8 Å². The molecule has 1 amide bonds. The Morgan fingerprint density at radius 1 is 1.35 bits per heavy atom. The molecule has 1 aliphatic rings. The van der Waals surface area contributed by atoms with E-state index in [9.17, 15) is 10.1 Å². The van der Waals surface area contributed by atoms with Gasteiger partial charge >= 0.3 is 0 Å². The lowest BCUT2D eigenvalue weighted by molar-refractivity contribution is -0.119. The monoisotopic (exact) mass is 330 g/mol. The Kier molecular flexibility index (Phi) is 5.10. The predicted molar refractivity (Wildman–Crippen MR) is 95.5 cm³/mol. The Hall–Kier alpha value is -1.47. The predicted octanol–water partition coefficient (Wildman–Crippen LogP) is 4.19. The summed E-state index contributed by atoms with van der Waals surface area (Å²) in [5, 5.41) is 12.2. The molecule has 124 valence electrons. The quantitative estimate of drug-likeness (QED) is 0.824. The number of rotatable bonds is 5. The van der Waals surface area contributed by atoms with E-state index in [-0.39, 0.29) is 11.3 Å². The van der Waals surface area contributed by atoms with Crippen molar-refractivity contribution in [2.24, 2.45) is 5.92 Å². The van der Waals surface area contributed by atoms with E-state index in [2.05, 4.69) is 57.3 Å². The minimum atomic E-state index is -0.708. The van der Waals surface area contributed by atoms with E-state index in [4.69, 9.17) is 0 Å². The molecule has 0 spiro atoms. The van der Waals surface area contributed by atoms with Gasteiger partial charge in [-0.3, -0.25) is 4.79 Å². The fraction of sp³-hybridized carbons (Fsp3) is 0.579. The summed E-state index contributed by atoms with van der Waals surface area (Å²) in [7, 11) is 0. The lowest BCUT2D eigenvalue weighted by Crippen LogP contribution is -2.47. The summed E-state index contributed by atoms with van der Waals surface area (Å²) >= 11 is 1.55. The minimum Gasteiger partial charge on any atom is -0.337 e. The topological polar surface area (TPSA) is 52.9 Å². The first kappa shape index (κ1) is 17.9. The second-order valence-electron chi connectivity index (χ2n) is 7.66. The highest BCUT2D eigenvalue weighted by Gasteiger charge is 2.42. The molecule has 0 aliphatic heterocycles. The number of nitrogens with zero attached hydrogens (tertiary/aromatic N) is 1. The van der Waals surface area contributed by atoms with E-state index in [1.54, 1.807) is 11.8 Å². The number of thioether (sulfide) groups is 1. The van der Waals surface area contributed by atoms with E-state index in [0.717, 1.165) is 17.7 Å². The van der Waals surface area contributed by atoms with Crippen LogP contribution in [0.25, 0.3) is 0 Å². The molecule has 1 fully saturated rings. The van der Waals surface area contributed by atoms with Crippen LogP contribution in [0.4, 0.5) is 0 Å². The zero-order chi connectivity index (χ0) is 17.3. The normalized spacial score (nSPS) is 17.2. The van der Waals surface area contributed by atoms with Crippen LogP contribution >= 0.6 is 11.8 Å². The van der Waals surface area contributed by atoms with Crippen LogP contribution in [0.2, 0.25) is 0 Å². The molecule has 23 heavy (non-hydrogen) atoms. The van der Waals surface area contributed by atoms with E-state index in [1.807, 2.05) is 6.92 Å². The highest BCUT2D eigenvalue weighted by atomic mass is 32.2. The van der Waals surface area contributed by atoms with Crippen LogP contribution in [0.15, 0.2) is 23.1 Å². The Morgan fingerprint density at radius 2 is 2.00 bits per heavy atom. The van der Waals surface area contributed by atoms with Crippen molar-refractivity contribution in [1.29, 1.82) is 5.26 Å². The number of nitrogens with one attached hydrogen (secondary N) is 1. The van der Waals surface area contributed by atoms with Gasteiger partial charge in [-0.25, -0.2) is 0 Å². The summed E-state index contributed by atoms with van der Waals surface area (Å²) in [5.41, 5.74) is 1.84. The smallest absolute Gasteiger partial charge is 0.231 e. The lowest BCUT2D eigenvalue weighted by atomic mass is 9.87. The van der Waals surface area contributed by atoms with Crippen molar-refractivity contribution in [1.82, 2.24) is 5.32 Å². The number of benzene rings is 1. The molecule has 0 radical (unpaired) electrons. The minimum absolute atomic E-state index is 0.0634. The highest BCUT2D eigenvalue weighted by Crippen LogP contribution is 2.39. The molecule has 1 saturated carbocycles. The van der Waals surface area contributed by atoms with Crippen molar-refractivity contribution >= 4 is 17.7 Å². The van der Waals surface area contributed by atoms with Gasteiger partial charge in [0.15, 0.2) is 0 Å². The third-order valence-corrected chi connectivity index (χ3v) is 5.60. The van der Waals surface area contributed by atoms with Gasteiger partial charge in [-0.05, 0) is 55.2 Å². The number of carbonyl (C=O) groups excluding carboxylic acids is 1. The number of hydrogen-bond donors (Lipinski definition) is 1. The van der Waals surface area contributed by atoms with Gasteiger partial charge in [-0.2, -0.15) is 5.26 Å². The molecular formula is C19H26N2OS. The summed E-state index contributed by atoms with van der Waals surface area (Å²) in [5.74, 6) is 0.595. The number of hydrogen-bond acceptors (Lipinski definition) is 3. The molecule has 0 bridgehead atoms. The lowest BCUT2D eigenvalue weighted by Gasteiger charge is -2.23. The number of aryl methyl sites for hydroxylation is 1. The summed E-state index contributed by atoms with van der Waals surface area (Å²) in [4.78, 5) is 13.4. The van der Waals surface area contributed by atoms with Crippen molar-refractivity contribution in [3.05, 3.63) is 29.3 Å². The van der Waals surface area contributed by atoms with Gasteiger partial charge in [0.1, 0.15) is 5.54 Å². The molecule has 0 saturated heterocycles. The molecule has 1 aromatic carbocycles. The van der Waals surface area contributed by atoms with Crippen LogP contribution in [-0.4, -0.2) is 17.2 Å². The van der Waals surface area contributed by atoms with Gasteiger partial charge in [0.25, 0.3) is 0 Å². The fourth-order valence-electron chi connectivity index (χ4n) is 2.57. The Morgan fingerprint density at radius 3 is 2.52 bits per heavy atom. The van der Waals surface area contributed by atoms with Gasteiger partial charge in [0.05, 0.1) is 11.8 Å². The van der Waals surface area contributed by atoms with Crippen molar-refractivity contribution < 1.29 is 4.79 Å². The van der Waals surface area contributed by atoms with Gasteiger partial charge in [0, 0.05) is 4.90 Å². The molecule has 0 unspecified atom stereocenters. The van der Waals surface area contributed by atoms with Crippen molar-refractivity contribution in [3.8, 4) is 6.07 Å². The standard InChI is InChI=1S/C19H26N2OS/c1-13-6-7-15(18(2,3)4)10-16(13)23-11-17(22)21-19(5,12-20)14-8-9-14/h6-7,10,14H,8-9,11H2,1-5H3,(H,21,22)/t19-/m1/s1. The largest absolute Gasteiger partial charge is 0.337 e. The summed E-state index contributed by atoms with van der Waals surface area (Å²) in [6.07, 6.45) is 2.06. The first-order chi connectivity index (χ1) is 10.7. The molecular weight excluding hydrogens is 304 g/mol. The molecule has 1 N–H and O–H groups in total. The SMILES string of the molecule is Cc1ccc(C(C)(C)C)cc1SCC(=O)N[C@](C)(C#N)C1CC1. The van der Waals surface area contributed by atoms with Crippen LogP contribution in [0, 0.1) is 24.2 Å². The molecule has 0 heterocycles. The Balaban J connectivity index is 2.00. The molecule has 0 aromatic heterocycles. The second kappa shape index (κ2) is 6.57. The zero-order valence-electron chi connectivity index (χ0n) is 14.7. The summed E-state index contributed by atoms with van der Waals surface area (Å²) in [6.45, 7) is 10.5. The van der Waals surface area contributed by atoms with E-state index in [1.165, 1.54) is 11.1 Å². The van der Waals surface area contributed by atoms with Crippen LogP contribution in [-0.2, 0) is 10.2 Å². The van der Waals surface area contributed by atoms with Crippen molar-refractivity contribution in [2.75, 3.05) is 5.75 Å². The molecule has 1 aromatic rings. The average Bonchev–Trinajstić information content (AvgIpc) is 3.30. The van der Waals surface area contributed by atoms with Crippen LogP contribution in [0.5, 0.6) is 0 Å². The maximum Gasteiger partial charge on any atom is 0.231 e. The van der Waals surface area contributed by atoms with Crippen LogP contribution in [0.3, 0.4) is 0 Å².